The van der Waals surface area contributed by atoms with Gasteiger partial charge in [0.2, 0.25) is 5.91 Å². The third-order valence-electron chi connectivity index (χ3n) is 2.92. The zero-order valence-electron chi connectivity index (χ0n) is 11.7. The lowest BCUT2D eigenvalue weighted by molar-refractivity contribution is -0.115. The van der Waals surface area contributed by atoms with Crippen molar-refractivity contribution >= 4 is 50.9 Å². The Morgan fingerprint density at radius 1 is 1.24 bits per heavy atom. The van der Waals surface area contributed by atoms with Crippen LogP contribution < -0.4 is 5.32 Å². The molecule has 2 aromatic rings. The molecule has 2 aromatic carbocycles. The fourth-order valence-electron chi connectivity index (χ4n) is 1.74. The van der Waals surface area contributed by atoms with Gasteiger partial charge in [-0.25, -0.2) is 0 Å². The highest BCUT2D eigenvalue weighted by Gasteiger charge is 2.14. The molecule has 0 unspecified atom stereocenters. The molecular formula is C16H15BrClNOS. The summed E-state index contributed by atoms with van der Waals surface area (Å²) >= 11 is 10.8. The van der Waals surface area contributed by atoms with Crippen molar-refractivity contribution in [3.63, 3.8) is 0 Å². The maximum absolute atomic E-state index is 12.2. The van der Waals surface area contributed by atoms with Crippen LogP contribution in [0.1, 0.15) is 12.5 Å². The average Bonchev–Trinajstić information content (AvgIpc) is 2.45. The lowest BCUT2D eigenvalue weighted by Crippen LogP contribution is -2.22. The Hall–Kier alpha value is -0.970. The predicted molar refractivity (Wildman–Crippen MR) is 94.3 cm³/mol. The number of aryl methyl sites for hydroxylation is 1. The Morgan fingerprint density at radius 3 is 2.52 bits per heavy atom. The SMILES string of the molecule is Cc1cc(NC(=O)[C@H](C)Sc2ccc(Cl)cc2)ccc1Br. The second-order valence-corrected chi connectivity index (χ2v) is 7.37. The molecule has 0 aliphatic rings. The first-order valence-electron chi connectivity index (χ1n) is 6.45. The molecule has 0 aliphatic heterocycles. The molecule has 0 fully saturated rings. The zero-order chi connectivity index (χ0) is 15.4. The maximum Gasteiger partial charge on any atom is 0.237 e. The molecule has 5 heteroatoms. The molecule has 1 N–H and O–H groups in total. The highest BCUT2D eigenvalue weighted by Crippen LogP contribution is 2.26. The minimum Gasteiger partial charge on any atom is -0.325 e. The van der Waals surface area contributed by atoms with Gasteiger partial charge < -0.3 is 5.32 Å². The highest BCUT2D eigenvalue weighted by atomic mass is 79.9. The molecule has 0 spiro atoms. The molecular weight excluding hydrogens is 370 g/mol. The van der Waals surface area contributed by atoms with Crippen LogP contribution >= 0.6 is 39.3 Å². The van der Waals surface area contributed by atoms with Gasteiger partial charge in [0.25, 0.3) is 0 Å². The van der Waals surface area contributed by atoms with Crippen molar-refractivity contribution in [2.24, 2.45) is 0 Å². The van der Waals surface area contributed by atoms with Crippen molar-refractivity contribution in [3.05, 3.63) is 57.5 Å². The van der Waals surface area contributed by atoms with Gasteiger partial charge >= 0.3 is 0 Å². The maximum atomic E-state index is 12.2. The van der Waals surface area contributed by atoms with Gasteiger partial charge in [-0.2, -0.15) is 0 Å². The molecule has 0 heterocycles. The average molecular weight is 385 g/mol. The molecule has 110 valence electrons. The molecule has 2 rings (SSSR count). The number of thioether (sulfide) groups is 1. The molecule has 0 saturated heterocycles. The van der Waals surface area contributed by atoms with E-state index in [0.717, 1.165) is 20.6 Å². The van der Waals surface area contributed by atoms with Crippen LogP contribution in [-0.4, -0.2) is 11.2 Å². The van der Waals surface area contributed by atoms with Crippen molar-refractivity contribution in [2.45, 2.75) is 24.0 Å². The van der Waals surface area contributed by atoms with E-state index in [1.807, 2.05) is 56.3 Å². The van der Waals surface area contributed by atoms with Crippen molar-refractivity contribution in [1.82, 2.24) is 0 Å². The molecule has 0 aliphatic carbocycles. The number of hydrogen-bond donors (Lipinski definition) is 1. The van der Waals surface area contributed by atoms with Crippen LogP contribution in [0.2, 0.25) is 5.02 Å². The second kappa shape index (κ2) is 7.34. The van der Waals surface area contributed by atoms with E-state index < -0.39 is 0 Å². The van der Waals surface area contributed by atoms with Crippen molar-refractivity contribution < 1.29 is 4.79 Å². The Balaban J connectivity index is 1.98. The fraction of sp³-hybridized carbons (Fsp3) is 0.188. The highest BCUT2D eigenvalue weighted by molar-refractivity contribution is 9.10. The van der Waals surface area contributed by atoms with Crippen LogP contribution in [0.5, 0.6) is 0 Å². The van der Waals surface area contributed by atoms with Gasteiger partial charge in [0.1, 0.15) is 0 Å². The normalized spacial score (nSPS) is 12.0. The van der Waals surface area contributed by atoms with Crippen LogP contribution in [0.15, 0.2) is 51.8 Å². The second-order valence-electron chi connectivity index (χ2n) is 4.67. The van der Waals surface area contributed by atoms with Gasteiger partial charge in [0.15, 0.2) is 0 Å². The van der Waals surface area contributed by atoms with Gasteiger partial charge in [-0.3, -0.25) is 4.79 Å². The minimum absolute atomic E-state index is 0.0170. The molecule has 1 atom stereocenters. The van der Waals surface area contributed by atoms with Gasteiger partial charge in [-0.1, -0.05) is 27.5 Å². The lowest BCUT2D eigenvalue weighted by atomic mass is 10.2. The standard InChI is InChI=1S/C16H15BrClNOS/c1-10-9-13(5-8-15(10)17)19-16(20)11(2)21-14-6-3-12(18)4-7-14/h3-9,11H,1-2H3,(H,19,20)/t11-/m0/s1. The van der Waals surface area contributed by atoms with Crippen molar-refractivity contribution in [2.75, 3.05) is 5.32 Å². The van der Waals surface area contributed by atoms with Crippen LogP contribution in [-0.2, 0) is 4.79 Å². The van der Waals surface area contributed by atoms with E-state index >= 15 is 0 Å². The number of nitrogens with one attached hydrogen (secondary N) is 1. The predicted octanol–water partition coefficient (Wildman–Crippen LogP) is 5.53. The summed E-state index contributed by atoms with van der Waals surface area (Å²) in [5, 5.41) is 3.45. The van der Waals surface area contributed by atoms with Crippen LogP contribution in [0.4, 0.5) is 5.69 Å². The molecule has 2 nitrogen and oxygen atoms in total. The monoisotopic (exact) mass is 383 g/mol. The smallest absolute Gasteiger partial charge is 0.237 e. The first-order chi connectivity index (χ1) is 9.95. The third-order valence-corrected chi connectivity index (χ3v) is 5.17. The van der Waals surface area contributed by atoms with Gasteiger partial charge in [-0.05, 0) is 61.9 Å². The largest absolute Gasteiger partial charge is 0.325 e. The summed E-state index contributed by atoms with van der Waals surface area (Å²) in [6, 6.07) is 13.2. The van der Waals surface area contributed by atoms with Crippen LogP contribution in [0.3, 0.4) is 0 Å². The van der Waals surface area contributed by atoms with E-state index in [4.69, 9.17) is 11.6 Å². The van der Waals surface area contributed by atoms with E-state index in [9.17, 15) is 4.79 Å². The fourth-order valence-corrected chi connectivity index (χ4v) is 2.98. The summed E-state index contributed by atoms with van der Waals surface area (Å²) in [7, 11) is 0. The van der Waals surface area contributed by atoms with E-state index in [1.165, 1.54) is 11.8 Å². The summed E-state index contributed by atoms with van der Waals surface area (Å²) in [5.41, 5.74) is 1.90. The summed E-state index contributed by atoms with van der Waals surface area (Å²) < 4.78 is 1.03. The Kier molecular flexibility index (Phi) is 5.73. The number of carbonyl (C=O) groups is 1. The summed E-state index contributed by atoms with van der Waals surface area (Å²) in [4.78, 5) is 13.2. The Bertz CT molecular complexity index is 645. The Morgan fingerprint density at radius 2 is 1.90 bits per heavy atom. The van der Waals surface area contributed by atoms with Crippen molar-refractivity contribution in [3.8, 4) is 0 Å². The zero-order valence-corrected chi connectivity index (χ0v) is 14.8. The summed E-state index contributed by atoms with van der Waals surface area (Å²) in [5.74, 6) is -0.0170. The summed E-state index contributed by atoms with van der Waals surface area (Å²) in [6.45, 7) is 3.88. The Labute approximate surface area is 142 Å². The quantitative estimate of drug-likeness (QED) is 0.702. The first-order valence-corrected chi connectivity index (χ1v) is 8.50. The van der Waals surface area contributed by atoms with Crippen LogP contribution in [0, 0.1) is 6.92 Å². The van der Waals surface area contributed by atoms with Gasteiger partial charge in [0, 0.05) is 20.1 Å². The molecule has 0 aromatic heterocycles. The molecule has 0 radical (unpaired) electrons. The molecule has 0 saturated carbocycles. The molecule has 21 heavy (non-hydrogen) atoms. The molecule has 0 bridgehead atoms. The number of halogens is 2. The number of anilines is 1. The van der Waals surface area contributed by atoms with Gasteiger partial charge in [0.05, 0.1) is 5.25 Å². The first kappa shape index (κ1) is 16.4. The van der Waals surface area contributed by atoms with E-state index in [1.54, 1.807) is 0 Å². The molecule has 1 amide bonds. The number of amides is 1. The van der Waals surface area contributed by atoms with E-state index in [2.05, 4.69) is 21.2 Å². The number of benzene rings is 2. The number of carbonyl (C=O) groups excluding carboxylic acids is 1. The third kappa shape index (κ3) is 4.77. The topological polar surface area (TPSA) is 29.1 Å². The van der Waals surface area contributed by atoms with E-state index in [0.29, 0.717) is 5.02 Å². The van der Waals surface area contributed by atoms with Gasteiger partial charge in [-0.15, -0.1) is 11.8 Å². The minimum atomic E-state index is -0.185. The summed E-state index contributed by atoms with van der Waals surface area (Å²) in [6.07, 6.45) is 0. The van der Waals surface area contributed by atoms with E-state index in [-0.39, 0.29) is 11.2 Å². The number of hydrogen-bond acceptors (Lipinski definition) is 2. The van der Waals surface area contributed by atoms with Crippen molar-refractivity contribution in [1.29, 1.82) is 0 Å². The van der Waals surface area contributed by atoms with Crippen LogP contribution in [0.25, 0.3) is 0 Å². The number of rotatable bonds is 4. The lowest BCUT2D eigenvalue weighted by Gasteiger charge is -2.13.